The topological polar surface area (TPSA) is 15.7 Å². The van der Waals surface area contributed by atoms with Crippen LogP contribution in [0.1, 0.15) is 25.0 Å². The van der Waals surface area contributed by atoms with Gasteiger partial charge in [-0.1, -0.05) is 135 Å². The van der Waals surface area contributed by atoms with Crippen molar-refractivity contribution in [2.75, 3.05) is 9.80 Å². The predicted molar refractivity (Wildman–Crippen MR) is 208 cm³/mol. The van der Waals surface area contributed by atoms with Gasteiger partial charge < -0.3 is 14.5 Å². The first kappa shape index (κ1) is 28.7. The van der Waals surface area contributed by atoms with Crippen LogP contribution in [0.4, 0.5) is 34.1 Å². The largest absolute Gasteiger partial charge is 0.453 e. The van der Waals surface area contributed by atoms with Crippen molar-refractivity contribution in [2.24, 2.45) is 0 Å². The number of nitrogens with zero attached hydrogens (tertiary/aromatic N) is 2. The molecule has 0 saturated carbocycles. The van der Waals surface area contributed by atoms with Crippen LogP contribution >= 0.6 is 0 Å². The second-order valence-electron chi connectivity index (χ2n) is 13.8. The van der Waals surface area contributed by atoms with Crippen molar-refractivity contribution >= 4 is 55.7 Å². The van der Waals surface area contributed by atoms with Crippen LogP contribution in [0.5, 0.6) is 11.5 Å². The molecule has 0 fully saturated rings. The van der Waals surface area contributed by atoms with Gasteiger partial charge in [-0.05, 0) is 86.9 Å². The molecule has 10 rings (SSSR count). The van der Waals surface area contributed by atoms with E-state index in [1.807, 2.05) is 6.07 Å². The molecule has 8 aromatic rings. The van der Waals surface area contributed by atoms with E-state index in [0.29, 0.717) is 0 Å². The number of fused-ring (bicyclic) bond motifs is 7. The quantitative estimate of drug-likeness (QED) is 0.178. The summed E-state index contributed by atoms with van der Waals surface area (Å²) in [7, 11) is 0. The van der Waals surface area contributed by atoms with Crippen LogP contribution < -0.4 is 14.5 Å². The molecule has 0 saturated heterocycles. The third-order valence-electron chi connectivity index (χ3n) is 10.6. The zero-order valence-corrected chi connectivity index (χ0v) is 28.0. The first-order valence-electron chi connectivity index (χ1n) is 17.3. The van der Waals surface area contributed by atoms with Crippen molar-refractivity contribution in [3.05, 3.63) is 181 Å². The Bertz CT molecular complexity index is 2610. The normalized spacial score (nSPS) is 13.7. The number of ether oxygens (including phenoxy) is 1. The molecule has 0 radical (unpaired) electrons. The monoisotopic (exact) mass is 642 g/mol. The lowest BCUT2D eigenvalue weighted by molar-refractivity contribution is 0.471. The maximum Gasteiger partial charge on any atom is 0.151 e. The van der Waals surface area contributed by atoms with Gasteiger partial charge in [0.05, 0.1) is 22.7 Å². The fourth-order valence-electron chi connectivity index (χ4n) is 8.16. The molecule has 2 aliphatic heterocycles. The summed E-state index contributed by atoms with van der Waals surface area (Å²) in [4.78, 5) is 4.85. The molecule has 3 heteroatoms. The summed E-state index contributed by atoms with van der Waals surface area (Å²) < 4.78 is 6.53. The third kappa shape index (κ3) is 4.23. The van der Waals surface area contributed by atoms with Crippen molar-refractivity contribution in [2.45, 2.75) is 19.3 Å². The van der Waals surface area contributed by atoms with Gasteiger partial charge in [0, 0.05) is 22.2 Å². The van der Waals surface area contributed by atoms with E-state index in [1.165, 1.54) is 49.5 Å². The molecule has 0 aromatic heterocycles. The van der Waals surface area contributed by atoms with Crippen LogP contribution in [0.25, 0.3) is 32.7 Å². The number of benzene rings is 8. The van der Waals surface area contributed by atoms with Crippen molar-refractivity contribution in [1.82, 2.24) is 0 Å². The Morgan fingerprint density at radius 3 is 1.98 bits per heavy atom. The second kappa shape index (κ2) is 10.8. The molecule has 0 spiro atoms. The highest BCUT2D eigenvalue weighted by atomic mass is 16.5. The molecule has 238 valence electrons. The Kier molecular flexibility index (Phi) is 6.22. The van der Waals surface area contributed by atoms with Crippen LogP contribution in [0.3, 0.4) is 0 Å². The Morgan fingerprint density at radius 1 is 0.480 bits per heavy atom. The van der Waals surface area contributed by atoms with E-state index >= 15 is 0 Å². The summed E-state index contributed by atoms with van der Waals surface area (Å²) in [6.45, 7) is 4.66. The lowest BCUT2D eigenvalue weighted by atomic mass is 9.73. The number of rotatable bonds is 4. The minimum absolute atomic E-state index is 0.233. The van der Waals surface area contributed by atoms with Crippen molar-refractivity contribution in [3.63, 3.8) is 0 Å². The fraction of sp³-hybridized carbons (Fsp3) is 0.0638. The number of hydrogen-bond acceptors (Lipinski definition) is 3. The summed E-state index contributed by atoms with van der Waals surface area (Å²) in [5, 5.41) is 4.92. The van der Waals surface area contributed by atoms with Gasteiger partial charge in [0.15, 0.2) is 11.5 Å². The standard InChI is InChI=1S/C47H34N2O/c1-47(2)39-28-27-35(30-43(39)49-41-20-10-11-21-44(41)50-45-22-12-19-40(47)46(45)49)48(34-25-23-32(24-26-34)31-13-4-3-5-14-31)42-29-33-15-6-7-16-36(33)37-17-8-9-18-38(37)42/h3-30H,1-2H3. The molecule has 3 nitrogen and oxygen atoms in total. The highest BCUT2D eigenvalue weighted by Gasteiger charge is 2.41. The molecular weight excluding hydrogens is 609 g/mol. The summed E-state index contributed by atoms with van der Waals surface area (Å²) >= 11 is 0. The van der Waals surface area contributed by atoms with E-state index in [0.717, 1.165) is 39.9 Å². The van der Waals surface area contributed by atoms with E-state index in [-0.39, 0.29) is 5.41 Å². The molecule has 0 aliphatic carbocycles. The fourth-order valence-corrected chi connectivity index (χ4v) is 8.16. The van der Waals surface area contributed by atoms with Crippen LogP contribution in [-0.2, 0) is 5.41 Å². The molecule has 0 unspecified atom stereocenters. The average Bonchev–Trinajstić information content (AvgIpc) is 3.17. The lowest BCUT2D eigenvalue weighted by Crippen LogP contribution is -2.32. The lowest BCUT2D eigenvalue weighted by Gasteiger charge is -2.45. The van der Waals surface area contributed by atoms with Crippen molar-refractivity contribution < 1.29 is 4.74 Å². The molecule has 50 heavy (non-hydrogen) atoms. The van der Waals surface area contributed by atoms with Gasteiger partial charge in [0.1, 0.15) is 0 Å². The van der Waals surface area contributed by atoms with E-state index in [4.69, 9.17) is 4.74 Å². The van der Waals surface area contributed by atoms with E-state index in [9.17, 15) is 0 Å². The Morgan fingerprint density at radius 2 is 1.14 bits per heavy atom. The molecule has 0 bridgehead atoms. The molecule has 8 aromatic carbocycles. The zero-order chi connectivity index (χ0) is 33.4. The zero-order valence-electron chi connectivity index (χ0n) is 28.0. The first-order valence-corrected chi connectivity index (χ1v) is 17.3. The molecule has 2 heterocycles. The third-order valence-corrected chi connectivity index (χ3v) is 10.6. The van der Waals surface area contributed by atoms with Crippen molar-refractivity contribution in [1.29, 1.82) is 0 Å². The smallest absolute Gasteiger partial charge is 0.151 e. The predicted octanol–water partition coefficient (Wildman–Crippen LogP) is 13.3. The van der Waals surface area contributed by atoms with Gasteiger partial charge in [0.25, 0.3) is 0 Å². The Hall–Kier alpha value is -6.32. The summed E-state index contributed by atoms with van der Waals surface area (Å²) in [5.74, 6) is 1.75. The van der Waals surface area contributed by atoms with E-state index < -0.39 is 0 Å². The summed E-state index contributed by atoms with van der Waals surface area (Å²) in [6.07, 6.45) is 0. The minimum Gasteiger partial charge on any atom is -0.453 e. The molecule has 0 atom stereocenters. The summed E-state index contributed by atoms with van der Waals surface area (Å²) in [6, 6.07) is 61.3. The van der Waals surface area contributed by atoms with E-state index in [1.54, 1.807) is 0 Å². The molecule has 2 aliphatic rings. The first-order chi connectivity index (χ1) is 24.6. The van der Waals surface area contributed by atoms with Gasteiger partial charge in [-0.25, -0.2) is 0 Å². The van der Waals surface area contributed by atoms with Crippen LogP contribution in [0.2, 0.25) is 0 Å². The van der Waals surface area contributed by atoms with Crippen LogP contribution in [0, 0.1) is 0 Å². The Labute approximate surface area is 292 Å². The summed E-state index contributed by atoms with van der Waals surface area (Å²) in [5.41, 5.74) is 11.4. The number of anilines is 6. The maximum absolute atomic E-state index is 6.53. The van der Waals surface area contributed by atoms with Gasteiger partial charge >= 0.3 is 0 Å². The second-order valence-corrected chi connectivity index (χ2v) is 13.8. The number of hydrogen-bond donors (Lipinski definition) is 0. The molecule has 0 amide bonds. The SMILES string of the molecule is CC1(C)c2ccc(N(c3ccc(-c4ccccc4)cc3)c3cc4ccccc4c4ccccc34)cc2N2c3ccccc3Oc3cccc1c32. The Balaban J connectivity index is 1.24. The average molecular weight is 643 g/mol. The van der Waals surface area contributed by atoms with Gasteiger partial charge in [-0.15, -0.1) is 0 Å². The molecular formula is C47H34N2O. The van der Waals surface area contributed by atoms with Gasteiger partial charge in [-0.2, -0.15) is 0 Å². The van der Waals surface area contributed by atoms with Crippen LogP contribution in [-0.4, -0.2) is 0 Å². The highest BCUT2D eigenvalue weighted by Crippen LogP contribution is 2.60. The maximum atomic E-state index is 6.53. The van der Waals surface area contributed by atoms with Gasteiger partial charge in [0.2, 0.25) is 0 Å². The molecule has 0 N–H and O–H groups in total. The van der Waals surface area contributed by atoms with E-state index in [2.05, 4.69) is 187 Å². The number of para-hydroxylation sites is 3. The van der Waals surface area contributed by atoms with Crippen molar-refractivity contribution in [3.8, 4) is 22.6 Å². The van der Waals surface area contributed by atoms with Gasteiger partial charge in [-0.3, -0.25) is 0 Å². The van der Waals surface area contributed by atoms with Crippen LogP contribution in [0.15, 0.2) is 170 Å². The highest BCUT2D eigenvalue weighted by molar-refractivity contribution is 6.14. The minimum atomic E-state index is -0.233.